The van der Waals surface area contributed by atoms with Crippen LogP contribution in [0.15, 0.2) is 82.5 Å². The number of amides is 1. The zero-order chi connectivity index (χ0) is 28.4. The average Bonchev–Trinajstić information content (AvgIpc) is 3.51. The molecule has 1 aromatic heterocycles. The first-order chi connectivity index (χ1) is 19.3. The lowest BCUT2D eigenvalue weighted by atomic mass is 9.95. The Balaban J connectivity index is 1.48. The number of hydrogen-bond donors (Lipinski definition) is 1. The van der Waals surface area contributed by atoms with Gasteiger partial charge < -0.3 is 33.4 Å². The first kappa shape index (κ1) is 27.0. The van der Waals surface area contributed by atoms with E-state index in [1.165, 1.54) is 18.1 Å². The van der Waals surface area contributed by atoms with E-state index >= 15 is 0 Å². The number of ketones is 1. The van der Waals surface area contributed by atoms with E-state index in [-0.39, 0.29) is 24.5 Å². The van der Waals surface area contributed by atoms with E-state index in [1.54, 1.807) is 74.9 Å². The SMILES string of the molecule is COc1ccc(OCCN2C(=O)C(O)=C(C(=O)c3cc4cc(Cl)cc(OC)c4o3)C2c2ccc(OC)cc2)cc1. The summed E-state index contributed by atoms with van der Waals surface area (Å²) >= 11 is 6.18. The number of carbonyl (C=O) groups is 2. The molecule has 10 heteroatoms. The number of aliphatic hydroxyl groups is 1. The number of ether oxygens (including phenoxy) is 4. The summed E-state index contributed by atoms with van der Waals surface area (Å²) < 4.78 is 27.5. The molecule has 1 aliphatic heterocycles. The molecule has 2 heterocycles. The summed E-state index contributed by atoms with van der Waals surface area (Å²) in [6.45, 7) is 0.200. The van der Waals surface area contributed by atoms with E-state index in [0.717, 1.165) is 0 Å². The molecule has 1 amide bonds. The highest BCUT2D eigenvalue weighted by Crippen LogP contribution is 2.41. The second-order valence-electron chi connectivity index (χ2n) is 8.93. The van der Waals surface area contributed by atoms with Crippen LogP contribution in [0, 0.1) is 0 Å². The third-order valence-electron chi connectivity index (χ3n) is 6.63. The summed E-state index contributed by atoms with van der Waals surface area (Å²) in [5, 5.41) is 11.9. The number of nitrogens with zero attached hydrogens (tertiary/aromatic N) is 1. The van der Waals surface area contributed by atoms with Crippen LogP contribution in [0.2, 0.25) is 5.02 Å². The second kappa shape index (κ2) is 11.2. The Morgan fingerprint density at radius 2 is 1.55 bits per heavy atom. The topological polar surface area (TPSA) is 108 Å². The Kier molecular flexibility index (Phi) is 7.57. The molecule has 9 nitrogen and oxygen atoms in total. The van der Waals surface area contributed by atoms with Gasteiger partial charge in [0, 0.05) is 16.5 Å². The first-order valence-corrected chi connectivity index (χ1v) is 12.7. The molecular weight excluding hydrogens is 538 g/mol. The van der Waals surface area contributed by atoms with Crippen LogP contribution in [0.25, 0.3) is 11.0 Å². The number of furan rings is 1. The molecule has 0 bridgehead atoms. The molecule has 0 fully saturated rings. The minimum absolute atomic E-state index is 0.0697. The summed E-state index contributed by atoms with van der Waals surface area (Å²) in [4.78, 5) is 28.5. The van der Waals surface area contributed by atoms with Crippen LogP contribution in [0.5, 0.6) is 23.0 Å². The van der Waals surface area contributed by atoms with Crippen molar-refractivity contribution in [1.82, 2.24) is 4.90 Å². The molecule has 40 heavy (non-hydrogen) atoms. The van der Waals surface area contributed by atoms with Crippen LogP contribution < -0.4 is 18.9 Å². The molecule has 4 aromatic rings. The summed E-state index contributed by atoms with van der Waals surface area (Å²) in [5.74, 6) is 0.164. The number of fused-ring (bicyclic) bond motifs is 1. The Hall–Kier alpha value is -4.63. The third-order valence-corrected chi connectivity index (χ3v) is 6.85. The van der Waals surface area contributed by atoms with E-state index in [9.17, 15) is 14.7 Å². The van der Waals surface area contributed by atoms with E-state index in [1.807, 2.05) is 0 Å². The minimum atomic E-state index is -0.899. The lowest BCUT2D eigenvalue weighted by molar-refractivity contribution is -0.129. The van der Waals surface area contributed by atoms with Gasteiger partial charge in [0.05, 0.1) is 39.5 Å². The van der Waals surface area contributed by atoms with Gasteiger partial charge in [-0.2, -0.15) is 0 Å². The quantitative estimate of drug-likeness (QED) is 0.242. The van der Waals surface area contributed by atoms with E-state index in [2.05, 4.69) is 0 Å². The number of halogens is 1. The van der Waals surface area contributed by atoms with Crippen LogP contribution in [0.3, 0.4) is 0 Å². The molecule has 1 N–H and O–H groups in total. The Labute approximate surface area is 235 Å². The average molecular weight is 564 g/mol. The lowest BCUT2D eigenvalue weighted by Crippen LogP contribution is -2.34. The van der Waals surface area contributed by atoms with Gasteiger partial charge in [0.1, 0.15) is 23.9 Å². The molecule has 0 aliphatic carbocycles. The van der Waals surface area contributed by atoms with Gasteiger partial charge in [0.2, 0.25) is 5.78 Å². The molecular formula is C30H26ClNO8. The van der Waals surface area contributed by atoms with Crippen molar-refractivity contribution in [3.05, 3.63) is 94.4 Å². The molecule has 1 aliphatic rings. The summed E-state index contributed by atoms with van der Waals surface area (Å²) in [6, 6.07) is 17.8. The van der Waals surface area contributed by atoms with Gasteiger partial charge in [-0.1, -0.05) is 23.7 Å². The summed E-state index contributed by atoms with van der Waals surface area (Å²) in [6.07, 6.45) is 0. The van der Waals surface area contributed by atoms with Crippen LogP contribution >= 0.6 is 11.6 Å². The highest BCUT2D eigenvalue weighted by atomic mass is 35.5. The fraction of sp³-hybridized carbons (Fsp3) is 0.200. The van der Waals surface area contributed by atoms with Crippen molar-refractivity contribution < 1.29 is 38.1 Å². The molecule has 1 atom stereocenters. The van der Waals surface area contributed by atoms with Gasteiger partial charge in [-0.3, -0.25) is 9.59 Å². The molecule has 206 valence electrons. The molecule has 1 unspecified atom stereocenters. The fourth-order valence-electron chi connectivity index (χ4n) is 4.66. The number of aliphatic hydroxyl groups excluding tert-OH is 1. The van der Waals surface area contributed by atoms with Crippen molar-refractivity contribution in [3.8, 4) is 23.0 Å². The van der Waals surface area contributed by atoms with Crippen molar-refractivity contribution in [3.63, 3.8) is 0 Å². The highest BCUT2D eigenvalue weighted by Gasteiger charge is 2.44. The van der Waals surface area contributed by atoms with Gasteiger partial charge >= 0.3 is 0 Å². The predicted octanol–water partition coefficient (Wildman–Crippen LogP) is 5.77. The van der Waals surface area contributed by atoms with Gasteiger partial charge in [-0.05, 0) is 54.1 Å². The Morgan fingerprint density at radius 1 is 0.925 bits per heavy atom. The number of benzene rings is 3. The summed E-state index contributed by atoms with van der Waals surface area (Å²) in [5.41, 5.74) is 0.817. The molecule has 3 aromatic carbocycles. The normalized spacial score (nSPS) is 15.1. The molecule has 0 spiro atoms. The van der Waals surface area contributed by atoms with Gasteiger partial charge in [0.15, 0.2) is 22.9 Å². The van der Waals surface area contributed by atoms with Gasteiger partial charge in [0.25, 0.3) is 5.91 Å². The maximum atomic E-state index is 13.8. The van der Waals surface area contributed by atoms with Crippen molar-refractivity contribution in [2.45, 2.75) is 6.04 Å². The smallest absolute Gasteiger partial charge is 0.290 e. The maximum absolute atomic E-state index is 13.8. The molecule has 0 saturated heterocycles. The number of hydrogen-bond acceptors (Lipinski definition) is 8. The van der Waals surface area contributed by atoms with Crippen LogP contribution in [0.1, 0.15) is 22.2 Å². The van der Waals surface area contributed by atoms with Crippen LogP contribution in [-0.4, -0.2) is 56.2 Å². The van der Waals surface area contributed by atoms with E-state index in [4.69, 9.17) is 35.0 Å². The van der Waals surface area contributed by atoms with Crippen molar-refractivity contribution >= 4 is 34.3 Å². The van der Waals surface area contributed by atoms with Crippen molar-refractivity contribution in [2.24, 2.45) is 0 Å². The largest absolute Gasteiger partial charge is 0.503 e. The van der Waals surface area contributed by atoms with Crippen LogP contribution in [0.4, 0.5) is 0 Å². The minimum Gasteiger partial charge on any atom is -0.503 e. The lowest BCUT2D eigenvalue weighted by Gasteiger charge is -2.26. The molecule has 0 radical (unpaired) electrons. The van der Waals surface area contributed by atoms with Crippen molar-refractivity contribution in [2.75, 3.05) is 34.5 Å². The Bertz CT molecular complexity index is 1590. The van der Waals surface area contributed by atoms with Gasteiger partial charge in [-0.25, -0.2) is 0 Å². The molecule has 5 rings (SSSR count). The number of rotatable bonds is 10. The monoisotopic (exact) mass is 563 g/mol. The van der Waals surface area contributed by atoms with Crippen molar-refractivity contribution in [1.29, 1.82) is 0 Å². The number of methoxy groups -OCH3 is 3. The number of carbonyl (C=O) groups excluding carboxylic acids is 2. The summed E-state index contributed by atoms with van der Waals surface area (Å²) in [7, 11) is 4.58. The zero-order valence-corrected chi connectivity index (χ0v) is 22.7. The highest BCUT2D eigenvalue weighted by molar-refractivity contribution is 6.31. The first-order valence-electron chi connectivity index (χ1n) is 12.3. The Morgan fingerprint density at radius 3 is 2.17 bits per heavy atom. The van der Waals surface area contributed by atoms with E-state index in [0.29, 0.717) is 44.6 Å². The fourth-order valence-corrected chi connectivity index (χ4v) is 4.88. The van der Waals surface area contributed by atoms with Gasteiger partial charge in [-0.15, -0.1) is 0 Å². The zero-order valence-electron chi connectivity index (χ0n) is 22.0. The second-order valence-corrected chi connectivity index (χ2v) is 9.36. The van der Waals surface area contributed by atoms with Crippen LogP contribution in [-0.2, 0) is 4.79 Å². The maximum Gasteiger partial charge on any atom is 0.290 e. The predicted molar refractivity (Wildman–Crippen MR) is 148 cm³/mol. The molecule has 0 saturated carbocycles. The third kappa shape index (κ3) is 5.03. The standard InChI is InChI=1S/C30H26ClNO8/c1-36-20-6-4-17(5-7-20)26-25(27(33)23-15-18-14-19(31)16-24(38-3)29(18)40-23)28(34)30(35)32(26)12-13-39-22-10-8-21(37-2)9-11-22/h4-11,14-16,26,34H,12-13H2,1-3H3. The number of Topliss-reactive ketones (excluding diaryl/α,β-unsaturated/α-hetero) is 1. The van der Waals surface area contributed by atoms with E-state index < -0.39 is 23.5 Å².